The SMILES string of the molecule is C=CC(C)NCc1occc1Br. The number of hydrogen-bond donors (Lipinski definition) is 1. The van der Waals surface area contributed by atoms with Crippen LogP contribution in [0, 0.1) is 0 Å². The van der Waals surface area contributed by atoms with Crippen molar-refractivity contribution in [2.75, 3.05) is 0 Å². The minimum atomic E-state index is 0.307. The normalized spacial score (nSPS) is 12.8. The van der Waals surface area contributed by atoms with E-state index in [0.717, 1.165) is 16.8 Å². The maximum atomic E-state index is 5.22. The lowest BCUT2D eigenvalue weighted by atomic mass is 10.3. The quantitative estimate of drug-likeness (QED) is 0.804. The molecule has 0 aliphatic carbocycles. The van der Waals surface area contributed by atoms with Gasteiger partial charge in [0, 0.05) is 6.04 Å². The van der Waals surface area contributed by atoms with Crippen molar-refractivity contribution in [3.63, 3.8) is 0 Å². The summed E-state index contributed by atoms with van der Waals surface area (Å²) in [6.07, 6.45) is 3.52. The van der Waals surface area contributed by atoms with Gasteiger partial charge in [-0.15, -0.1) is 6.58 Å². The van der Waals surface area contributed by atoms with Gasteiger partial charge in [0.15, 0.2) is 0 Å². The van der Waals surface area contributed by atoms with Crippen molar-refractivity contribution in [2.45, 2.75) is 19.5 Å². The molecule has 1 N–H and O–H groups in total. The second-order valence-electron chi connectivity index (χ2n) is 2.60. The Labute approximate surface area is 80.8 Å². The van der Waals surface area contributed by atoms with E-state index in [-0.39, 0.29) is 0 Å². The number of rotatable bonds is 4. The summed E-state index contributed by atoms with van der Waals surface area (Å²) in [5.41, 5.74) is 0. The summed E-state index contributed by atoms with van der Waals surface area (Å²) in [5.74, 6) is 0.920. The van der Waals surface area contributed by atoms with Crippen molar-refractivity contribution in [1.82, 2.24) is 5.32 Å². The highest BCUT2D eigenvalue weighted by molar-refractivity contribution is 9.10. The lowest BCUT2D eigenvalue weighted by molar-refractivity contribution is 0.472. The summed E-state index contributed by atoms with van der Waals surface area (Å²) in [4.78, 5) is 0. The first-order valence-electron chi connectivity index (χ1n) is 3.82. The van der Waals surface area contributed by atoms with E-state index in [4.69, 9.17) is 4.42 Å². The van der Waals surface area contributed by atoms with Crippen LogP contribution in [0.2, 0.25) is 0 Å². The molecule has 1 aromatic heterocycles. The predicted octanol–water partition coefficient (Wildman–Crippen LogP) is 2.71. The molecule has 3 heteroatoms. The zero-order valence-corrected chi connectivity index (χ0v) is 8.60. The maximum Gasteiger partial charge on any atom is 0.131 e. The third-order valence-corrected chi connectivity index (χ3v) is 2.34. The standard InChI is InChI=1S/C9H12BrNO/c1-3-7(2)11-6-9-8(10)4-5-12-9/h3-5,7,11H,1,6H2,2H3. The van der Waals surface area contributed by atoms with Crippen LogP contribution in [-0.4, -0.2) is 6.04 Å². The van der Waals surface area contributed by atoms with Gasteiger partial charge in [-0.3, -0.25) is 0 Å². The molecule has 1 heterocycles. The second kappa shape index (κ2) is 4.48. The van der Waals surface area contributed by atoms with Gasteiger partial charge in [-0.2, -0.15) is 0 Å². The van der Waals surface area contributed by atoms with E-state index < -0.39 is 0 Å². The Hall–Kier alpha value is -0.540. The predicted molar refractivity (Wildman–Crippen MR) is 52.9 cm³/mol. The summed E-state index contributed by atoms with van der Waals surface area (Å²) in [6.45, 7) is 6.45. The van der Waals surface area contributed by atoms with Gasteiger partial charge in [-0.05, 0) is 28.9 Å². The van der Waals surface area contributed by atoms with Crippen LogP contribution in [0.1, 0.15) is 12.7 Å². The molecule has 0 aliphatic rings. The summed E-state index contributed by atoms with van der Waals surface area (Å²) < 4.78 is 6.22. The van der Waals surface area contributed by atoms with Gasteiger partial charge in [0.25, 0.3) is 0 Å². The van der Waals surface area contributed by atoms with Gasteiger partial charge in [-0.25, -0.2) is 0 Å². The van der Waals surface area contributed by atoms with Crippen molar-refractivity contribution in [1.29, 1.82) is 0 Å². The highest BCUT2D eigenvalue weighted by atomic mass is 79.9. The molecule has 0 amide bonds. The van der Waals surface area contributed by atoms with Gasteiger partial charge in [0.2, 0.25) is 0 Å². The Morgan fingerprint density at radius 2 is 2.58 bits per heavy atom. The van der Waals surface area contributed by atoms with E-state index in [1.54, 1.807) is 6.26 Å². The number of nitrogens with one attached hydrogen (secondary N) is 1. The molecule has 1 unspecified atom stereocenters. The summed E-state index contributed by atoms with van der Waals surface area (Å²) in [5, 5.41) is 3.23. The van der Waals surface area contributed by atoms with Crippen molar-refractivity contribution in [2.24, 2.45) is 0 Å². The molecule has 1 aromatic rings. The fourth-order valence-electron chi connectivity index (χ4n) is 0.788. The Kier molecular flexibility index (Phi) is 3.56. The highest BCUT2D eigenvalue weighted by Crippen LogP contribution is 2.16. The third kappa shape index (κ3) is 2.50. The van der Waals surface area contributed by atoms with Crippen molar-refractivity contribution >= 4 is 15.9 Å². The lowest BCUT2D eigenvalue weighted by Crippen LogP contribution is -2.22. The van der Waals surface area contributed by atoms with Crippen LogP contribution in [0.4, 0.5) is 0 Å². The first-order valence-corrected chi connectivity index (χ1v) is 4.61. The third-order valence-electron chi connectivity index (χ3n) is 1.63. The van der Waals surface area contributed by atoms with Gasteiger partial charge < -0.3 is 9.73 Å². The molecule has 1 atom stereocenters. The molecule has 66 valence electrons. The molecule has 0 bridgehead atoms. The van der Waals surface area contributed by atoms with Crippen molar-refractivity contribution in [3.8, 4) is 0 Å². The van der Waals surface area contributed by atoms with E-state index in [9.17, 15) is 0 Å². The van der Waals surface area contributed by atoms with Crippen LogP contribution >= 0.6 is 15.9 Å². The zero-order chi connectivity index (χ0) is 8.97. The minimum absolute atomic E-state index is 0.307. The summed E-state index contributed by atoms with van der Waals surface area (Å²) in [6, 6.07) is 2.19. The Morgan fingerprint density at radius 3 is 3.08 bits per heavy atom. The average Bonchev–Trinajstić information content (AvgIpc) is 2.47. The maximum absolute atomic E-state index is 5.22. The van der Waals surface area contributed by atoms with E-state index >= 15 is 0 Å². The molecule has 2 nitrogen and oxygen atoms in total. The smallest absolute Gasteiger partial charge is 0.131 e. The molecule has 0 spiro atoms. The average molecular weight is 230 g/mol. The van der Waals surface area contributed by atoms with Crippen molar-refractivity contribution < 1.29 is 4.42 Å². The number of hydrogen-bond acceptors (Lipinski definition) is 2. The van der Waals surface area contributed by atoms with E-state index in [1.165, 1.54) is 0 Å². The van der Waals surface area contributed by atoms with Gasteiger partial charge in [0.05, 0.1) is 17.3 Å². The number of halogens is 1. The molecule has 0 aromatic carbocycles. The lowest BCUT2D eigenvalue weighted by Gasteiger charge is -2.06. The zero-order valence-electron chi connectivity index (χ0n) is 7.01. The molecule has 0 saturated heterocycles. The Morgan fingerprint density at radius 1 is 1.83 bits per heavy atom. The van der Waals surface area contributed by atoms with Crippen LogP contribution < -0.4 is 5.32 Å². The first kappa shape index (κ1) is 9.55. The fourth-order valence-corrected chi connectivity index (χ4v) is 1.13. The van der Waals surface area contributed by atoms with E-state index in [2.05, 4.69) is 27.8 Å². The van der Waals surface area contributed by atoms with Crippen LogP contribution in [0.15, 0.2) is 33.9 Å². The molecule has 12 heavy (non-hydrogen) atoms. The van der Waals surface area contributed by atoms with E-state index in [1.807, 2.05) is 19.1 Å². The van der Waals surface area contributed by atoms with Gasteiger partial charge in [-0.1, -0.05) is 6.08 Å². The van der Waals surface area contributed by atoms with Crippen molar-refractivity contribution in [3.05, 3.63) is 35.2 Å². The topological polar surface area (TPSA) is 25.2 Å². The largest absolute Gasteiger partial charge is 0.467 e. The molecule has 0 saturated carbocycles. The van der Waals surface area contributed by atoms with Crippen LogP contribution in [0.5, 0.6) is 0 Å². The number of furan rings is 1. The van der Waals surface area contributed by atoms with Crippen LogP contribution in [0.25, 0.3) is 0 Å². The molecule has 0 fully saturated rings. The summed E-state index contributed by atoms with van der Waals surface area (Å²) in [7, 11) is 0. The summed E-state index contributed by atoms with van der Waals surface area (Å²) >= 11 is 3.38. The molecule has 0 aliphatic heterocycles. The monoisotopic (exact) mass is 229 g/mol. The Bertz CT molecular complexity index is 257. The minimum Gasteiger partial charge on any atom is -0.467 e. The molecule has 1 rings (SSSR count). The van der Waals surface area contributed by atoms with Crippen LogP contribution in [0.3, 0.4) is 0 Å². The van der Waals surface area contributed by atoms with Gasteiger partial charge in [0.1, 0.15) is 5.76 Å². The van der Waals surface area contributed by atoms with Crippen LogP contribution in [-0.2, 0) is 6.54 Å². The fraction of sp³-hybridized carbons (Fsp3) is 0.333. The first-order chi connectivity index (χ1) is 5.74. The molecular formula is C9H12BrNO. The van der Waals surface area contributed by atoms with Gasteiger partial charge >= 0.3 is 0 Å². The second-order valence-corrected chi connectivity index (χ2v) is 3.45. The molecular weight excluding hydrogens is 218 g/mol. The molecule has 0 radical (unpaired) electrons. The van der Waals surface area contributed by atoms with E-state index in [0.29, 0.717) is 6.04 Å². The highest BCUT2D eigenvalue weighted by Gasteiger charge is 2.03. The Balaban J connectivity index is 2.43.